The number of nitrogens with zero attached hydrogens (tertiary/aromatic N) is 1. The summed E-state index contributed by atoms with van der Waals surface area (Å²) in [7, 11) is 1.43. The van der Waals surface area contributed by atoms with Gasteiger partial charge in [-0.25, -0.2) is 0 Å². The number of esters is 1. The van der Waals surface area contributed by atoms with Gasteiger partial charge in [0.2, 0.25) is 0 Å². The largest absolute Gasteiger partial charge is 0.507 e. The number of carbonyl (C=O) groups excluding carboxylic acids is 3. The number of rotatable bonds is 8. The molecule has 6 N–H and O–H groups in total. The van der Waals surface area contributed by atoms with E-state index < -0.39 is 88.8 Å². The highest BCUT2D eigenvalue weighted by atomic mass is 16.7. The summed E-state index contributed by atoms with van der Waals surface area (Å²) >= 11 is 0. The van der Waals surface area contributed by atoms with Crippen molar-refractivity contribution in [3.63, 3.8) is 0 Å². The number of oxime groups is 1. The zero-order valence-corrected chi connectivity index (χ0v) is 34.9. The number of phenolic OH excluding ortho intramolecular Hbond substituents is 3. The van der Waals surface area contributed by atoms with Crippen LogP contribution in [0.1, 0.15) is 96.1 Å². The Kier molecular flexibility index (Phi) is 15.0. The minimum Gasteiger partial charge on any atom is -0.507 e. The molecule has 0 saturated carbocycles. The molecule has 15 nitrogen and oxygen atoms in total. The van der Waals surface area contributed by atoms with Gasteiger partial charge in [-0.05, 0) is 26.3 Å². The summed E-state index contributed by atoms with van der Waals surface area (Å²) < 4.78 is 23.5. The fraction of sp³-hybridized carbons (Fsp3) is 0.535. The molecular weight excluding hydrogens is 752 g/mol. The van der Waals surface area contributed by atoms with Crippen LogP contribution in [0, 0.1) is 30.6 Å². The molecule has 0 saturated heterocycles. The highest BCUT2D eigenvalue weighted by Gasteiger charge is 2.50. The van der Waals surface area contributed by atoms with Gasteiger partial charge < -0.3 is 54.6 Å². The number of unbranched alkanes of at least 4 members (excludes halogenated alkanes) is 2. The standard InChI is InChI=1S/C43H58N2O13/c1-11-12-13-18-56-44-20-28-33-38(51)31-30(37(28)50)32-40(26(7)36(31)49)58-43(9,41(32)52)55-19-17-29(54-10)23(4)39(57-27(8)46)25(6)35(48)24(5)34(47)21(2)15-14-16-22(3)42(53)45-33/h14-17,19-21,23-25,29,34-35,39,47-51H,11-13,18H2,1-10H3,(H,45,53)/b15-14+,19-17+,22-16-,44-20+/t21-,23-,24-,25-,29+,34+,35-,39-,43+/m1/s1. The number of Topliss-reactive ketones (excluding diaryl/α,β-unsaturated/α-hetero) is 1. The monoisotopic (exact) mass is 810 g/mol. The van der Waals surface area contributed by atoms with Crippen LogP contribution in [0.25, 0.3) is 10.8 Å². The smallest absolute Gasteiger partial charge is 0.312 e. The lowest BCUT2D eigenvalue weighted by Crippen LogP contribution is -2.46. The fourth-order valence-corrected chi connectivity index (χ4v) is 7.43. The number of allylic oxidation sites excluding steroid dienone is 2. The number of methoxy groups -OCH3 is 1. The first-order valence-electron chi connectivity index (χ1n) is 19.6. The second kappa shape index (κ2) is 19.1. The Hall–Kier alpha value is -5.12. The Labute approximate surface area is 338 Å². The van der Waals surface area contributed by atoms with Crippen LogP contribution in [0.3, 0.4) is 0 Å². The van der Waals surface area contributed by atoms with Crippen molar-refractivity contribution in [3.05, 3.63) is 52.8 Å². The van der Waals surface area contributed by atoms with Crippen molar-refractivity contribution in [2.45, 2.75) is 112 Å². The summed E-state index contributed by atoms with van der Waals surface area (Å²) in [5.74, 6) is -8.57. The summed E-state index contributed by atoms with van der Waals surface area (Å²) in [6.45, 7) is 14.7. The van der Waals surface area contributed by atoms with E-state index in [1.807, 2.05) is 6.92 Å². The molecule has 58 heavy (non-hydrogen) atoms. The predicted molar refractivity (Wildman–Crippen MR) is 217 cm³/mol. The molecule has 9 atom stereocenters. The van der Waals surface area contributed by atoms with Crippen LogP contribution >= 0.6 is 0 Å². The molecule has 0 unspecified atom stereocenters. The van der Waals surface area contributed by atoms with Crippen LogP contribution < -0.4 is 10.1 Å². The molecule has 15 heteroatoms. The number of fused-ring (bicyclic) bond motifs is 14. The van der Waals surface area contributed by atoms with E-state index in [9.17, 15) is 39.9 Å². The Balaban J connectivity index is 1.95. The van der Waals surface area contributed by atoms with Gasteiger partial charge in [-0.15, -0.1) is 0 Å². The fourth-order valence-electron chi connectivity index (χ4n) is 7.43. The highest BCUT2D eigenvalue weighted by molar-refractivity contribution is 6.23. The first-order chi connectivity index (χ1) is 27.3. The molecule has 0 radical (unpaired) electrons. The molecule has 0 aliphatic carbocycles. The average Bonchev–Trinajstić information content (AvgIpc) is 3.45. The summed E-state index contributed by atoms with van der Waals surface area (Å²) in [6.07, 6.45) is 7.10. The van der Waals surface area contributed by atoms with Gasteiger partial charge in [0, 0.05) is 61.2 Å². The van der Waals surface area contributed by atoms with Crippen LogP contribution in [0.2, 0.25) is 0 Å². The summed E-state index contributed by atoms with van der Waals surface area (Å²) in [6, 6.07) is 0. The lowest BCUT2D eigenvalue weighted by Gasteiger charge is -2.38. The molecule has 318 valence electrons. The van der Waals surface area contributed by atoms with E-state index in [2.05, 4.69) is 10.5 Å². The van der Waals surface area contributed by atoms with Crippen molar-refractivity contribution in [2.24, 2.45) is 28.8 Å². The Morgan fingerprint density at radius 2 is 1.66 bits per heavy atom. The molecule has 3 aliphatic rings. The molecule has 5 rings (SSSR count). The normalized spacial score (nSPS) is 30.4. The Morgan fingerprint density at radius 1 is 0.966 bits per heavy atom. The third kappa shape index (κ3) is 9.27. The lowest BCUT2D eigenvalue weighted by molar-refractivity contribution is -0.160. The zero-order chi connectivity index (χ0) is 43.2. The van der Waals surface area contributed by atoms with E-state index in [-0.39, 0.29) is 51.1 Å². The number of hydrogen-bond donors (Lipinski definition) is 6. The van der Waals surface area contributed by atoms with Crippen molar-refractivity contribution in [1.82, 2.24) is 0 Å². The number of aliphatic hydroxyl groups excluding tert-OH is 2. The second-order valence-electron chi connectivity index (χ2n) is 15.4. The number of phenols is 3. The summed E-state index contributed by atoms with van der Waals surface area (Å²) in [4.78, 5) is 45.7. The maximum atomic E-state index is 14.3. The van der Waals surface area contributed by atoms with Gasteiger partial charge in [0.05, 0.1) is 53.0 Å². The van der Waals surface area contributed by atoms with Crippen molar-refractivity contribution in [1.29, 1.82) is 0 Å². The van der Waals surface area contributed by atoms with Gasteiger partial charge in [-0.3, -0.25) is 14.4 Å². The zero-order valence-electron chi connectivity index (χ0n) is 34.9. The number of ketones is 1. The number of amides is 1. The number of anilines is 1. The van der Waals surface area contributed by atoms with E-state index in [1.54, 1.807) is 39.8 Å². The van der Waals surface area contributed by atoms with E-state index in [4.69, 9.17) is 23.8 Å². The van der Waals surface area contributed by atoms with Crippen molar-refractivity contribution in [2.75, 3.05) is 19.0 Å². The molecule has 0 spiro atoms. The number of nitrogens with one attached hydrogen (secondary N) is 1. The summed E-state index contributed by atoms with van der Waals surface area (Å²) in [5, 5.41) is 64.0. The number of benzene rings is 2. The minimum absolute atomic E-state index is 0.0391. The minimum atomic E-state index is -2.05. The van der Waals surface area contributed by atoms with Crippen molar-refractivity contribution in [3.8, 4) is 23.0 Å². The number of carbonyl (C=O) groups is 3. The quantitative estimate of drug-likeness (QED) is 0.0431. The molecule has 2 aromatic rings. The predicted octanol–water partition coefficient (Wildman–Crippen LogP) is 6.29. The van der Waals surface area contributed by atoms with E-state index in [0.29, 0.717) is 6.42 Å². The molecule has 0 fully saturated rings. The lowest BCUT2D eigenvalue weighted by atomic mass is 9.78. The summed E-state index contributed by atoms with van der Waals surface area (Å²) in [5.41, 5.74) is -0.565. The van der Waals surface area contributed by atoms with E-state index >= 15 is 0 Å². The number of aliphatic hydroxyl groups is 2. The molecular formula is C43H58N2O13. The van der Waals surface area contributed by atoms with E-state index in [1.165, 1.54) is 53.2 Å². The van der Waals surface area contributed by atoms with Crippen molar-refractivity contribution < 1.29 is 63.7 Å². The molecule has 2 aromatic carbocycles. The third-order valence-corrected chi connectivity index (χ3v) is 11.1. The molecule has 1 amide bonds. The maximum Gasteiger partial charge on any atom is 0.312 e. The second-order valence-corrected chi connectivity index (χ2v) is 15.4. The van der Waals surface area contributed by atoms with Gasteiger partial charge in [0.25, 0.3) is 11.7 Å². The van der Waals surface area contributed by atoms with Gasteiger partial charge in [0.15, 0.2) is 5.75 Å². The Bertz CT molecular complexity index is 1990. The SMILES string of the molecule is CCCCCO/N=C/c1c2c(O)c3c(O)c(C)c4c(c3c1O)C(=O)[C@@](C)(O/C=C/[C@H](OC)[C@@H](C)[C@@H](OC(C)=O)[C@H](C)[C@H](O)[C@H](C)[C@@H](O)[C@H](C)/C=C/C=C(/C)C(=O)N2)O4. The number of hydrogen-bond acceptors (Lipinski definition) is 14. The van der Waals surface area contributed by atoms with Gasteiger partial charge in [-0.2, -0.15) is 0 Å². The highest BCUT2D eigenvalue weighted by Crippen LogP contribution is 2.55. The molecule has 5 bridgehead atoms. The van der Waals surface area contributed by atoms with E-state index in [0.717, 1.165) is 19.1 Å². The van der Waals surface area contributed by atoms with Crippen LogP contribution in [0.5, 0.6) is 23.0 Å². The van der Waals surface area contributed by atoms with Gasteiger partial charge in [0.1, 0.15) is 30.0 Å². The number of ether oxygens (including phenoxy) is 4. The topological polar surface area (TPSA) is 223 Å². The van der Waals surface area contributed by atoms with Crippen LogP contribution in [-0.4, -0.2) is 93.3 Å². The molecule has 3 aliphatic heterocycles. The van der Waals surface area contributed by atoms with Gasteiger partial charge in [-0.1, -0.05) is 70.8 Å². The molecule has 3 heterocycles. The first kappa shape index (κ1) is 45.6. The number of aromatic hydroxyl groups is 3. The molecule has 0 aromatic heterocycles. The third-order valence-electron chi connectivity index (χ3n) is 11.1. The van der Waals surface area contributed by atoms with Crippen LogP contribution in [0.15, 0.2) is 41.3 Å². The maximum absolute atomic E-state index is 14.3. The Morgan fingerprint density at radius 3 is 2.29 bits per heavy atom. The van der Waals surface area contributed by atoms with Crippen molar-refractivity contribution >= 4 is 40.3 Å². The van der Waals surface area contributed by atoms with Gasteiger partial charge >= 0.3 is 11.8 Å². The average molecular weight is 811 g/mol. The first-order valence-corrected chi connectivity index (χ1v) is 19.6. The van der Waals surface area contributed by atoms with Crippen LogP contribution in [-0.2, 0) is 28.6 Å². The van der Waals surface area contributed by atoms with Crippen LogP contribution in [0.4, 0.5) is 5.69 Å².